The summed E-state index contributed by atoms with van der Waals surface area (Å²) < 4.78 is 0. The zero-order valence-corrected chi connectivity index (χ0v) is 33.9. The van der Waals surface area contributed by atoms with Crippen molar-refractivity contribution in [3.8, 4) is 17.2 Å². The van der Waals surface area contributed by atoms with Crippen molar-refractivity contribution in [2.75, 3.05) is 0 Å². The van der Waals surface area contributed by atoms with Gasteiger partial charge in [0.1, 0.15) is 17.2 Å². The molecule has 8 aromatic carbocycles. The fraction of sp³-hybridized carbons (Fsp3) is 0. The maximum absolute atomic E-state index is 9.30. The minimum Gasteiger partial charge on any atom is -0.508 e. The third kappa shape index (κ3) is 16.3. The molecule has 6 heteroatoms. The van der Waals surface area contributed by atoms with E-state index in [0.717, 1.165) is 31.3 Å². The number of phenols is 3. The molecule has 0 spiro atoms. The summed E-state index contributed by atoms with van der Waals surface area (Å²) in [6, 6.07) is 74.6. The molecule has 0 aliphatic heterocycles. The molecule has 0 aliphatic rings. The average Bonchev–Trinajstić information content (AvgIpc) is 3.23. The lowest BCUT2D eigenvalue weighted by Crippen LogP contribution is -2.01. The molecule has 0 heterocycles. The highest BCUT2D eigenvalue weighted by atomic mass is 31.1. The molecule has 3 N–H and O–H groups in total. The molecule has 0 aliphatic carbocycles. The maximum Gasteiger partial charge on any atom is 0.119 e. The van der Waals surface area contributed by atoms with Gasteiger partial charge >= 0.3 is 0 Å². The van der Waals surface area contributed by atoms with E-state index >= 15 is 0 Å². The first-order valence-corrected chi connectivity index (χ1v) is 21.1. The fourth-order valence-electron chi connectivity index (χ4n) is 5.12. The lowest BCUT2D eigenvalue weighted by Gasteiger charge is -2.00. The second-order valence-electron chi connectivity index (χ2n) is 12.3. The zero-order valence-electron chi connectivity index (χ0n) is 30.9. The Balaban J connectivity index is 0.000000144. The summed E-state index contributed by atoms with van der Waals surface area (Å²) in [6.45, 7) is 0. The van der Waals surface area contributed by atoms with Crippen LogP contribution in [0.4, 0.5) is 0 Å². The molecular weight excluding hydrogens is 741 g/mol. The van der Waals surface area contributed by atoms with Crippen molar-refractivity contribution in [3.63, 3.8) is 0 Å². The van der Waals surface area contributed by atoms with E-state index in [0.29, 0.717) is 5.56 Å². The van der Waals surface area contributed by atoms with Crippen LogP contribution in [0.3, 0.4) is 0 Å². The number of hydrogen-bond acceptors (Lipinski definition) is 3. The highest BCUT2D eigenvalue weighted by Crippen LogP contribution is 2.22. The third-order valence-electron chi connectivity index (χ3n) is 7.79. The van der Waals surface area contributed by atoms with Crippen molar-refractivity contribution in [1.82, 2.24) is 0 Å². The van der Waals surface area contributed by atoms with Crippen LogP contribution in [0.2, 0.25) is 0 Å². The molecule has 0 saturated carbocycles. The summed E-state index contributed by atoms with van der Waals surface area (Å²) in [7, 11) is 2.33. The Morgan fingerprint density at radius 2 is 0.500 bits per heavy atom. The topological polar surface area (TPSA) is 60.7 Å². The summed E-state index contributed by atoms with van der Waals surface area (Å²) >= 11 is 0. The van der Waals surface area contributed by atoms with Crippen LogP contribution < -0.4 is 31.8 Å². The van der Waals surface area contributed by atoms with Crippen LogP contribution in [0, 0.1) is 0 Å². The van der Waals surface area contributed by atoms with Gasteiger partial charge in [-0.25, -0.2) is 0 Å². The van der Waals surface area contributed by atoms with Gasteiger partial charge < -0.3 is 15.3 Å². The molecule has 0 atom stereocenters. The highest BCUT2D eigenvalue weighted by Gasteiger charge is 1.97. The van der Waals surface area contributed by atoms with Gasteiger partial charge in [0.25, 0.3) is 0 Å². The van der Waals surface area contributed by atoms with Crippen LogP contribution in [0.5, 0.6) is 17.2 Å². The van der Waals surface area contributed by atoms with Crippen molar-refractivity contribution >= 4 is 69.7 Å². The lowest BCUT2D eigenvalue weighted by atomic mass is 10.1. The van der Waals surface area contributed by atoms with E-state index in [-0.39, 0.29) is 17.2 Å². The van der Waals surface area contributed by atoms with E-state index in [1.165, 1.54) is 37.9 Å². The first-order chi connectivity index (χ1) is 27.5. The first kappa shape index (κ1) is 41.4. The molecular formula is C50H45O3P3. The summed E-state index contributed by atoms with van der Waals surface area (Å²) in [5.74, 6) is 0.267. The normalized spacial score (nSPS) is 10.1. The van der Waals surface area contributed by atoms with Crippen molar-refractivity contribution < 1.29 is 15.3 Å². The van der Waals surface area contributed by atoms with E-state index in [1.54, 1.807) is 42.5 Å². The van der Waals surface area contributed by atoms with Crippen molar-refractivity contribution in [1.29, 1.82) is 0 Å². The number of benzene rings is 8. The van der Waals surface area contributed by atoms with Gasteiger partial charge in [0.15, 0.2) is 0 Å². The van der Waals surface area contributed by atoms with Gasteiger partial charge in [-0.15, -0.1) is 0 Å². The number of aromatic hydroxyl groups is 3. The monoisotopic (exact) mass is 786 g/mol. The summed E-state index contributed by atoms with van der Waals surface area (Å²) in [4.78, 5) is 0. The van der Waals surface area contributed by atoms with E-state index in [2.05, 4.69) is 182 Å². The Kier molecular flexibility index (Phi) is 17.6. The van der Waals surface area contributed by atoms with Crippen molar-refractivity contribution in [2.45, 2.75) is 0 Å². The molecule has 0 radical (unpaired) electrons. The molecule has 278 valence electrons. The first-order valence-electron chi connectivity index (χ1n) is 18.1. The van der Waals surface area contributed by atoms with Crippen LogP contribution >= 0.6 is 25.7 Å². The van der Waals surface area contributed by atoms with Gasteiger partial charge in [0.05, 0.1) is 0 Å². The molecule has 3 nitrogen and oxygen atoms in total. The Morgan fingerprint density at radius 1 is 0.250 bits per heavy atom. The van der Waals surface area contributed by atoms with Crippen LogP contribution in [0.15, 0.2) is 224 Å². The second-order valence-corrected chi connectivity index (χ2v) is 16.5. The molecule has 8 rings (SSSR count). The van der Waals surface area contributed by atoms with E-state index in [9.17, 15) is 10.2 Å². The zero-order chi connectivity index (χ0) is 39.0. The van der Waals surface area contributed by atoms with Gasteiger partial charge in [-0.1, -0.05) is 232 Å². The Hall–Kier alpha value is -5.81. The Labute approximate surface area is 336 Å². The Bertz CT molecular complexity index is 1960. The minimum absolute atomic E-state index is 0.0235. The van der Waals surface area contributed by atoms with Crippen LogP contribution in [0.25, 0.3) is 12.2 Å². The molecule has 0 bridgehead atoms. The molecule has 0 fully saturated rings. The smallest absolute Gasteiger partial charge is 0.119 e. The predicted octanol–water partition coefficient (Wildman–Crippen LogP) is 9.92. The predicted molar refractivity (Wildman–Crippen MR) is 248 cm³/mol. The van der Waals surface area contributed by atoms with Gasteiger partial charge in [0, 0.05) is 6.07 Å². The average molecular weight is 787 g/mol. The number of phenolic OH excluding ortho intramolecular Hbond substituents is 3. The second kappa shape index (κ2) is 23.9. The summed E-state index contributed by atoms with van der Waals surface area (Å²) in [5.41, 5.74) is 1.63. The molecule has 0 saturated heterocycles. The van der Waals surface area contributed by atoms with Crippen LogP contribution in [-0.2, 0) is 0 Å². The summed E-state index contributed by atoms with van der Waals surface area (Å²) in [6.07, 6.45) is 3.60. The van der Waals surface area contributed by atoms with Gasteiger partial charge in [-0.3, -0.25) is 0 Å². The van der Waals surface area contributed by atoms with Crippen molar-refractivity contribution in [3.05, 3.63) is 236 Å². The van der Waals surface area contributed by atoms with Crippen molar-refractivity contribution in [2.24, 2.45) is 0 Å². The van der Waals surface area contributed by atoms with Gasteiger partial charge in [-0.05, 0) is 67.2 Å². The van der Waals surface area contributed by atoms with E-state index in [1.807, 2.05) is 6.08 Å². The largest absolute Gasteiger partial charge is 0.508 e. The Morgan fingerprint density at radius 3 is 0.768 bits per heavy atom. The SMILES string of the molecule is Oc1ccc(/C=C/c2cc(O)cc(O)c2)cc1.c1ccc(Pc2ccccc2)cc1.c1ccc(Pc2ccccc2)cc1.c1ccc(Pc2ccccc2)cc1. The number of hydrogen-bond donors (Lipinski definition) is 3. The quantitative estimate of drug-likeness (QED) is 0.106. The van der Waals surface area contributed by atoms with E-state index < -0.39 is 0 Å². The maximum atomic E-state index is 9.30. The van der Waals surface area contributed by atoms with Gasteiger partial charge in [-0.2, -0.15) is 0 Å². The van der Waals surface area contributed by atoms with Gasteiger partial charge in [0.2, 0.25) is 0 Å². The standard InChI is InChI=1S/C14H12O3.3C12H11P/c15-12-5-3-10(4-6-12)1-2-11-7-13(16)9-14(17)8-11;3*1-3-7-11(8-4-1)13-12-9-5-2-6-10-12/h1-9,15-17H;3*1-10,13H/b2-1+;;;. The minimum atomic E-state index is 0.0235. The number of rotatable bonds is 8. The highest BCUT2D eigenvalue weighted by molar-refractivity contribution is 7.56. The summed E-state index contributed by atoms with van der Waals surface area (Å²) in [5, 5.41) is 36.1. The van der Waals surface area contributed by atoms with Crippen LogP contribution in [0.1, 0.15) is 11.1 Å². The lowest BCUT2D eigenvalue weighted by molar-refractivity contribution is 0.450. The molecule has 56 heavy (non-hydrogen) atoms. The third-order valence-corrected chi connectivity index (χ3v) is 11.5. The van der Waals surface area contributed by atoms with Crippen LogP contribution in [-0.4, -0.2) is 15.3 Å². The molecule has 0 amide bonds. The fourth-order valence-corrected chi connectivity index (χ4v) is 8.28. The molecule has 0 unspecified atom stereocenters. The molecule has 0 aromatic heterocycles. The molecule has 8 aromatic rings. The van der Waals surface area contributed by atoms with E-state index in [4.69, 9.17) is 5.11 Å².